The zero-order valence-corrected chi connectivity index (χ0v) is 23.4. The van der Waals surface area contributed by atoms with Crippen LogP contribution >= 0.6 is 0 Å². The Balaban J connectivity index is 1.43. The van der Waals surface area contributed by atoms with Gasteiger partial charge in [0.2, 0.25) is 15.9 Å². The lowest BCUT2D eigenvalue weighted by atomic mass is 10.1. The highest BCUT2D eigenvalue weighted by Crippen LogP contribution is 2.22. The number of nitrogens with one attached hydrogen (secondary N) is 1. The monoisotopic (exact) mass is 547 g/mol. The maximum Gasteiger partial charge on any atom is 0.241 e. The van der Waals surface area contributed by atoms with Crippen molar-refractivity contribution < 1.29 is 17.9 Å². The Hall–Kier alpha value is -3.46. The minimum atomic E-state index is -3.94. The molecule has 1 aliphatic heterocycles. The van der Waals surface area contributed by atoms with Crippen LogP contribution in [0.1, 0.15) is 23.6 Å². The lowest BCUT2D eigenvalue weighted by Gasteiger charge is -2.36. The summed E-state index contributed by atoms with van der Waals surface area (Å²) >= 11 is 0. The normalized spacial score (nSPS) is 15.4. The Labute approximate surface area is 232 Å². The van der Waals surface area contributed by atoms with Crippen LogP contribution in [-0.2, 0) is 21.2 Å². The first-order chi connectivity index (χ1) is 18.9. The maximum absolute atomic E-state index is 13.7. The van der Waals surface area contributed by atoms with Crippen LogP contribution in [0.3, 0.4) is 0 Å². The smallest absolute Gasteiger partial charge is 0.241 e. The molecule has 3 aromatic carbocycles. The largest absolute Gasteiger partial charge is 0.494 e. The summed E-state index contributed by atoms with van der Waals surface area (Å²) in [7, 11) is -3.94. The fourth-order valence-electron chi connectivity index (χ4n) is 4.66. The Morgan fingerprint density at radius 3 is 2.28 bits per heavy atom. The van der Waals surface area contributed by atoms with Gasteiger partial charge in [0.05, 0.1) is 11.5 Å². The second-order valence-electron chi connectivity index (χ2n) is 9.66. The Morgan fingerprint density at radius 1 is 0.974 bits per heavy atom. The lowest BCUT2D eigenvalue weighted by molar-refractivity contribution is -0.134. The van der Waals surface area contributed by atoms with E-state index in [0.717, 1.165) is 36.3 Å². The van der Waals surface area contributed by atoms with E-state index in [1.807, 2.05) is 62.4 Å². The standard InChI is InChI=1S/C31H37N3O4S/c1-3-38-30-17-16-28(23-25(30)2)39(36,37)32-29(24-27-13-8-5-9-14-27)31(35)34-21-19-33(20-22-34)18-10-15-26-11-6-4-7-12-26/h4-17,23,29,32H,3,18-22,24H2,1-2H3/b15-10+/t29-/m1/s1. The quantitative estimate of drug-likeness (QED) is 0.390. The van der Waals surface area contributed by atoms with Gasteiger partial charge in [0.15, 0.2) is 0 Å². The number of hydrogen-bond donors (Lipinski definition) is 1. The zero-order chi connectivity index (χ0) is 27.7. The second kappa shape index (κ2) is 13.6. The topological polar surface area (TPSA) is 78.9 Å². The number of hydrogen-bond acceptors (Lipinski definition) is 5. The van der Waals surface area contributed by atoms with Crippen LogP contribution in [0, 0.1) is 6.92 Å². The van der Waals surface area contributed by atoms with Gasteiger partial charge in [0.25, 0.3) is 0 Å². The van der Waals surface area contributed by atoms with Crippen LogP contribution in [0.15, 0.2) is 89.8 Å². The molecule has 1 N–H and O–H groups in total. The number of piperazine rings is 1. The van der Waals surface area contributed by atoms with E-state index < -0.39 is 16.1 Å². The highest BCUT2D eigenvalue weighted by molar-refractivity contribution is 7.89. The van der Waals surface area contributed by atoms with Crippen LogP contribution in [0.2, 0.25) is 0 Å². The molecule has 0 saturated carbocycles. The molecule has 1 aliphatic rings. The minimum Gasteiger partial charge on any atom is -0.494 e. The predicted molar refractivity (Wildman–Crippen MR) is 155 cm³/mol. The van der Waals surface area contributed by atoms with Gasteiger partial charge in [-0.15, -0.1) is 0 Å². The van der Waals surface area contributed by atoms with Gasteiger partial charge < -0.3 is 9.64 Å². The number of sulfonamides is 1. The van der Waals surface area contributed by atoms with Gasteiger partial charge in [-0.1, -0.05) is 72.8 Å². The van der Waals surface area contributed by atoms with Crippen molar-refractivity contribution in [3.63, 3.8) is 0 Å². The summed E-state index contributed by atoms with van der Waals surface area (Å²) in [6.45, 7) is 7.54. The molecule has 3 aromatic rings. The van der Waals surface area contributed by atoms with E-state index >= 15 is 0 Å². The van der Waals surface area contributed by atoms with Gasteiger partial charge >= 0.3 is 0 Å². The molecule has 1 amide bonds. The Morgan fingerprint density at radius 2 is 1.64 bits per heavy atom. The third-order valence-corrected chi connectivity index (χ3v) is 8.26. The zero-order valence-electron chi connectivity index (χ0n) is 22.6. The first-order valence-electron chi connectivity index (χ1n) is 13.4. The van der Waals surface area contributed by atoms with Gasteiger partial charge in [-0.25, -0.2) is 8.42 Å². The molecule has 0 unspecified atom stereocenters. The van der Waals surface area contributed by atoms with Gasteiger partial charge in [0.1, 0.15) is 11.8 Å². The van der Waals surface area contributed by atoms with Gasteiger partial charge in [-0.05, 0) is 55.2 Å². The third kappa shape index (κ3) is 8.02. The number of nitrogens with zero attached hydrogens (tertiary/aromatic N) is 2. The van der Waals surface area contributed by atoms with Crippen molar-refractivity contribution >= 4 is 22.0 Å². The molecule has 0 aliphatic carbocycles. The first-order valence-corrected chi connectivity index (χ1v) is 14.9. The fourth-order valence-corrected chi connectivity index (χ4v) is 5.94. The van der Waals surface area contributed by atoms with Crippen molar-refractivity contribution in [2.45, 2.75) is 31.2 Å². The Kier molecular flexibility index (Phi) is 9.92. The molecule has 1 saturated heterocycles. The fraction of sp³-hybridized carbons (Fsp3) is 0.323. The van der Waals surface area contributed by atoms with Crippen molar-refractivity contribution in [3.05, 3.63) is 102 Å². The molecule has 0 bridgehead atoms. The van der Waals surface area contributed by atoms with Crippen molar-refractivity contribution in [1.82, 2.24) is 14.5 Å². The van der Waals surface area contributed by atoms with Crippen LogP contribution in [-0.4, -0.2) is 69.5 Å². The average molecular weight is 548 g/mol. The molecule has 39 heavy (non-hydrogen) atoms. The summed E-state index contributed by atoms with van der Waals surface area (Å²) in [5.41, 5.74) is 2.78. The molecule has 1 atom stereocenters. The van der Waals surface area contributed by atoms with E-state index in [0.29, 0.717) is 25.4 Å². The average Bonchev–Trinajstić information content (AvgIpc) is 2.95. The summed E-state index contributed by atoms with van der Waals surface area (Å²) < 4.78 is 35.0. The molecule has 1 fully saturated rings. The van der Waals surface area contributed by atoms with Crippen molar-refractivity contribution in [2.75, 3.05) is 39.3 Å². The summed E-state index contributed by atoms with van der Waals surface area (Å²) in [5.74, 6) is 0.439. The highest BCUT2D eigenvalue weighted by atomic mass is 32.2. The number of amides is 1. The number of ether oxygens (including phenoxy) is 1. The lowest BCUT2D eigenvalue weighted by Crippen LogP contribution is -2.55. The van der Waals surface area contributed by atoms with Crippen LogP contribution in [0.5, 0.6) is 5.75 Å². The van der Waals surface area contributed by atoms with E-state index in [2.05, 4.69) is 33.9 Å². The van der Waals surface area contributed by atoms with Gasteiger partial charge in [0, 0.05) is 32.7 Å². The number of carbonyl (C=O) groups is 1. The number of benzene rings is 3. The molecule has 1 heterocycles. The van der Waals surface area contributed by atoms with Gasteiger partial charge in [-0.2, -0.15) is 4.72 Å². The van der Waals surface area contributed by atoms with E-state index in [1.54, 1.807) is 17.0 Å². The van der Waals surface area contributed by atoms with E-state index in [1.165, 1.54) is 6.07 Å². The predicted octanol–water partition coefficient (Wildman–Crippen LogP) is 4.14. The summed E-state index contributed by atoms with van der Waals surface area (Å²) in [5, 5.41) is 0. The van der Waals surface area contributed by atoms with Crippen LogP contribution in [0.25, 0.3) is 6.08 Å². The molecule has 0 spiro atoms. The molecule has 7 nitrogen and oxygen atoms in total. The Bertz CT molecular complexity index is 1350. The summed E-state index contributed by atoms with van der Waals surface area (Å²) in [6, 6.07) is 23.5. The molecular formula is C31H37N3O4S. The van der Waals surface area contributed by atoms with Crippen molar-refractivity contribution in [3.8, 4) is 5.75 Å². The second-order valence-corrected chi connectivity index (χ2v) is 11.4. The number of carbonyl (C=O) groups excluding carboxylic acids is 1. The van der Waals surface area contributed by atoms with Crippen molar-refractivity contribution in [1.29, 1.82) is 0 Å². The minimum absolute atomic E-state index is 0.115. The number of aryl methyl sites for hydroxylation is 1. The van der Waals surface area contributed by atoms with Crippen LogP contribution in [0.4, 0.5) is 0 Å². The molecule has 8 heteroatoms. The molecule has 4 rings (SSSR count). The van der Waals surface area contributed by atoms with Crippen LogP contribution < -0.4 is 9.46 Å². The third-order valence-electron chi connectivity index (χ3n) is 6.79. The molecule has 0 radical (unpaired) electrons. The van der Waals surface area contributed by atoms with Crippen molar-refractivity contribution in [2.24, 2.45) is 0 Å². The number of rotatable bonds is 11. The molecular weight excluding hydrogens is 510 g/mol. The van der Waals surface area contributed by atoms with Gasteiger partial charge in [-0.3, -0.25) is 9.69 Å². The van der Waals surface area contributed by atoms with E-state index in [4.69, 9.17) is 4.74 Å². The highest BCUT2D eigenvalue weighted by Gasteiger charge is 2.31. The van der Waals surface area contributed by atoms with E-state index in [9.17, 15) is 13.2 Å². The summed E-state index contributed by atoms with van der Waals surface area (Å²) in [6.07, 6.45) is 4.51. The molecule has 206 valence electrons. The summed E-state index contributed by atoms with van der Waals surface area (Å²) in [4.78, 5) is 17.9. The maximum atomic E-state index is 13.7. The first kappa shape index (κ1) is 28.5. The van der Waals surface area contributed by atoms with E-state index in [-0.39, 0.29) is 17.2 Å². The SMILES string of the molecule is CCOc1ccc(S(=O)(=O)N[C@H](Cc2ccccc2)C(=O)N2CCN(C/C=C/c3ccccc3)CC2)cc1C. The molecule has 0 aromatic heterocycles.